The molecule has 1 heteroatoms. The van der Waals surface area contributed by atoms with Crippen molar-refractivity contribution in [1.29, 1.82) is 0 Å². The van der Waals surface area contributed by atoms with E-state index in [4.69, 9.17) is 0 Å². The van der Waals surface area contributed by atoms with Crippen molar-refractivity contribution in [2.24, 2.45) is 0 Å². The third-order valence-electron chi connectivity index (χ3n) is 16.7. The number of hydrogen-bond donors (Lipinski definition) is 0. The number of rotatable bonds is 8. The molecule has 0 aromatic heterocycles. The fourth-order valence-electron chi connectivity index (χ4n) is 12.5. The SMILES string of the molecule is CC(C)(C)c1ccc(-c2ccc(-c3ccc(N(c4ccc5c(c4)-c4ccccc4C5(C)C)c4ccc5ccccc5c4-c4cccc(-c5ccc6c(c5)C(C)(C)c5ccccc5-6)c4)c(-c4ccccc4)c3)cc2)cc1. The lowest BCUT2D eigenvalue weighted by Crippen LogP contribution is -2.16. The molecule has 0 unspecified atom stereocenters. The normalized spacial score (nSPS) is 13.7. The van der Waals surface area contributed by atoms with Gasteiger partial charge in [-0.15, -0.1) is 0 Å². The maximum absolute atomic E-state index is 2.55. The van der Waals surface area contributed by atoms with Crippen molar-refractivity contribution in [1.82, 2.24) is 0 Å². The Morgan fingerprint density at radius 1 is 0.307 bits per heavy atom. The molecule has 0 saturated heterocycles. The number of anilines is 3. The fraction of sp³-hybridized carbons (Fsp3) is 0.135. The van der Waals surface area contributed by atoms with Gasteiger partial charge in [0.05, 0.1) is 11.4 Å². The van der Waals surface area contributed by atoms with E-state index in [1.165, 1.54) is 105 Å². The van der Waals surface area contributed by atoms with Crippen molar-refractivity contribution in [3.05, 3.63) is 270 Å². The quantitative estimate of drug-likeness (QED) is 0.147. The highest BCUT2D eigenvalue weighted by Gasteiger charge is 2.37. The first kappa shape index (κ1) is 46.3. The van der Waals surface area contributed by atoms with E-state index < -0.39 is 0 Å². The second-order valence-electron chi connectivity index (χ2n) is 22.9. The lowest BCUT2D eigenvalue weighted by molar-refractivity contribution is 0.590. The molecule has 0 fully saturated rings. The van der Waals surface area contributed by atoms with Crippen LogP contribution < -0.4 is 4.90 Å². The van der Waals surface area contributed by atoms with Crippen LogP contribution in [0.15, 0.2) is 243 Å². The predicted octanol–water partition coefficient (Wildman–Crippen LogP) is 20.6. The van der Waals surface area contributed by atoms with Crippen molar-refractivity contribution < 1.29 is 0 Å². The summed E-state index contributed by atoms with van der Waals surface area (Å²) in [6.45, 7) is 16.3. The van der Waals surface area contributed by atoms with Crippen LogP contribution in [0.4, 0.5) is 17.1 Å². The van der Waals surface area contributed by atoms with Crippen LogP contribution >= 0.6 is 0 Å². The van der Waals surface area contributed by atoms with Gasteiger partial charge in [-0.2, -0.15) is 0 Å². The van der Waals surface area contributed by atoms with E-state index in [2.05, 4.69) is 296 Å². The molecule has 0 spiro atoms. The van der Waals surface area contributed by atoms with Gasteiger partial charge >= 0.3 is 0 Å². The minimum Gasteiger partial charge on any atom is -0.309 e. The summed E-state index contributed by atoms with van der Waals surface area (Å²) in [6, 6.07) is 91.3. The van der Waals surface area contributed by atoms with E-state index in [0.29, 0.717) is 0 Å². The zero-order valence-corrected chi connectivity index (χ0v) is 44.0. The Morgan fingerprint density at radius 2 is 0.813 bits per heavy atom. The molecular formula is C74H61N. The van der Waals surface area contributed by atoms with Gasteiger partial charge in [-0.05, 0) is 153 Å². The molecule has 2 aliphatic rings. The molecular weight excluding hydrogens is 903 g/mol. The van der Waals surface area contributed by atoms with Crippen LogP contribution in [0.5, 0.6) is 0 Å². The third kappa shape index (κ3) is 7.75. The first-order chi connectivity index (χ1) is 36.3. The minimum atomic E-state index is -0.123. The zero-order chi connectivity index (χ0) is 51.2. The Kier molecular flexibility index (Phi) is 10.8. The highest BCUT2D eigenvalue weighted by Crippen LogP contribution is 2.54. The maximum Gasteiger partial charge on any atom is 0.0546 e. The van der Waals surface area contributed by atoms with Gasteiger partial charge in [0.1, 0.15) is 0 Å². The highest BCUT2D eigenvalue weighted by atomic mass is 15.1. The van der Waals surface area contributed by atoms with E-state index in [1.807, 2.05) is 0 Å². The van der Waals surface area contributed by atoms with Crippen molar-refractivity contribution in [2.45, 2.75) is 64.7 Å². The Morgan fingerprint density at radius 3 is 1.53 bits per heavy atom. The summed E-state index contributed by atoms with van der Waals surface area (Å²) < 4.78 is 0. The Hall–Kier alpha value is -8.52. The minimum absolute atomic E-state index is 0.0944. The van der Waals surface area contributed by atoms with E-state index in [9.17, 15) is 0 Å². The number of hydrogen-bond acceptors (Lipinski definition) is 1. The summed E-state index contributed by atoms with van der Waals surface area (Å²) in [5, 5.41) is 2.41. The van der Waals surface area contributed by atoms with Gasteiger partial charge in [-0.25, -0.2) is 0 Å². The van der Waals surface area contributed by atoms with Crippen LogP contribution in [0.3, 0.4) is 0 Å². The number of fused-ring (bicyclic) bond motifs is 7. The summed E-state index contributed by atoms with van der Waals surface area (Å²) in [4.78, 5) is 2.55. The van der Waals surface area contributed by atoms with Crippen LogP contribution in [0.25, 0.3) is 88.7 Å². The van der Waals surface area contributed by atoms with Gasteiger partial charge in [-0.1, -0.05) is 249 Å². The van der Waals surface area contributed by atoms with E-state index in [0.717, 1.165) is 28.2 Å². The van der Waals surface area contributed by atoms with E-state index >= 15 is 0 Å². The summed E-state index contributed by atoms with van der Waals surface area (Å²) in [6.07, 6.45) is 0. The molecule has 1 nitrogen and oxygen atoms in total. The van der Waals surface area contributed by atoms with Crippen molar-refractivity contribution in [3.8, 4) is 77.9 Å². The maximum atomic E-state index is 2.55. The molecule has 0 saturated carbocycles. The predicted molar refractivity (Wildman–Crippen MR) is 320 cm³/mol. The Balaban J connectivity index is 1.01. The molecule has 11 aromatic rings. The molecule has 0 heterocycles. The second kappa shape index (κ2) is 17.6. The van der Waals surface area contributed by atoms with Crippen molar-refractivity contribution in [2.75, 3.05) is 4.90 Å². The zero-order valence-electron chi connectivity index (χ0n) is 44.0. The molecule has 0 aliphatic heterocycles. The molecule has 13 rings (SSSR count). The standard InChI is InChI=1S/C74H61N/c1-72(2,3)57-37-32-49(33-38-57)48-28-30-50(31-29-48)54-36-42-69(63(45-54)51-18-9-8-10-19-51)75(58-39-41-67-64(47-58)61-25-14-16-27-66(61)73(67,4)5)70-43-35-52-20-11-12-23-59(52)71(70)56-22-17-21-53(44-56)55-34-40-62-60-24-13-15-26-65(60)74(6,7)68(62)46-55/h8-47H,1-7H3. The summed E-state index contributed by atoms with van der Waals surface area (Å²) in [7, 11) is 0. The molecule has 2 aliphatic carbocycles. The Labute approximate surface area is 443 Å². The summed E-state index contributed by atoms with van der Waals surface area (Å²) >= 11 is 0. The second-order valence-corrected chi connectivity index (χ2v) is 22.9. The fourth-order valence-corrected chi connectivity index (χ4v) is 12.5. The number of benzene rings is 11. The Bertz CT molecular complexity index is 4010. The van der Waals surface area contributed by atoms with Crippen molar-refractivity contribution in [3.63, 3.8) is 0 Å². The molecule has 11 aromatic carbocycles. The van der Waals surface area contributed by atoms with E-state index in [-0.39, 0.29) is 16.2 Å². The molecule has 362 valence electrons. The van der Waals surface area contributed by atoms with Crippen LogP contribution in [-0.4, -0.2) is 0 Å². The van der Waals surface area contributed by atoms with Gasteiger partial charge < -0.3 is 4.90 Å². The number of nitrogens with zero attached hydrogens (tertiary/aromatic N) is 1. The largest absolute Gasteiger partial charge is 0.309 e. The topological polar surface area (TPSA) is 3.24 Å². The molecule has 0 bridgehead atoms. The van der Waals surface area contributed by atoms with Crippen LogP contribution in [-0.2, 0) is 16.2 Å². The van der Waals surface area contributed by atoms with E-state index in [1.54, 1.807) is 0 Å². The first-order valence-corrected chi connectivity index (χ1v) is 26.7. The van der Waals surface area contributed by atoms with Gasteiger partial charge in [0.2, 0.25) is 0 Å². The molecule has 0 radical (unpaired) electrons. The average Bonchev–Trinajstić information content (AvgIpc) is 3.92. The summed E-state index contributed by atoms with van der Waals surface area (Å²) in [5.41, 5.74) is 27.2. The lowest BCUT2D eigenvalue weighted by Gasteiger charge is -2.32. The highest BCUT2D eigenvalue weighted by molar-refractivity contribution is 6.07. The molecule has 0 atom stereocenters. The van der Waals surface area contributed by atoms with Crippen LogP contribution in [0.1, 0.15) is 76.3 Å². The van der Waals surface area contributed by atoms with Gasteiger partial charge in [0, 0.05) is 27.6 Å². The molecule has 0 amide bonds. The first-order valence-electron chi connectivity index (χ1n) is 26.7. The van der Waals surface area contributed by atoms with Gasteiger partial charge in [-0.3, -0.25) is 0 Å². The third-order valence-corrected chi connectivity index (χ3v) is 16.7. The summed E-state index contributed by atoms with van der Waals surface area (Å²) in [5.74, 6) is 0. The smallest absolute Gasteiger partial charge is 0.0546 e. The van der Waals surface area contributed by atoms with Crippen LogP contribution in [0, 0.1) is 0 Å². The van der Waals surface area contributed by atoms with Gasteiger partial charge in [0.15, 0.2) is 0 Å². The average molecular weight is 964 g/mol. The monoisotopic (exact) mass is 963 g/mol. The van der Waals surface area contributed by atoms with Crippen LogP contribution in [0.2, 0.25) is 0 Å². The molecule has 75 heavy (non-hydrogen) atoms. The lowest BCUT2D eigenvalue weighted by atomic mass is 9.81. The van der Waals surface area contributed by atoms with Crippen molar-refractivity contribution >= 4 is 27.8 Å². The van der Waals surface area contributed by atoms with Gasteiger partial charge in [0.25, 0.3) is 0 Å². The molecule has 0 N–H and O–H groups in total.